The van der Waals surface area contributed by atoms with Crippen LogP contribution in [0, 0.1) is 13.8 Å². The number of benzene rings is 3. The van der Waals surface area contributed by atoms with Gasteiger partial charge in [0.1, 0.15) is 0 Å². The van der Waals surface area contributed by atoms with E-state index in [0.29, 0.717) is 0 Å². The highest BCUT2D eigenvalue weighted by Gasteiger charge is 2.94. The zero-order valence-electron chi connectivity index (χ0n) is 22.8. The largest absolute Gasteiger partial charge is 0.477 e. The molecule has 0 atom stereocenters. The van der Waals surface area contributed by atoms with Crippen molar-refractivity contribution < 1.29 is 75.8 Å². The third kappa shape index (κ3) is 6.49. The van der Waals surface area contributed by atoms with Crippen LogP contribution < -0.4 is 0 Å². The van der Waals surface area contributed by atoms with Gasteiger partial charge in [0.15, 0.2) is 0 Å². The lowest BCUT2D eigenvalue weighted by Crippen LogP contribution is -2.73. The van der Waals surface area contributed by atoms with Crippen LogP contribution in [0.3, 0.4) is 0 Å². The maximum Gasteiger partial charge on any atom is 0.460 e. The van der Waals surface area contributed by atoms with E-state index in [4.69, 9.17) is 5.11 Å². The zero-order chi connectivity index (χ0) is 35.9. The van der Waals surface area contributed by atoms with Crippen molar-refractivity contribution in [3.8, 4) is 22.3 Å². The average Bonchev–Trinajstić information content (AvgIpc) is 2.93. The van der Waals surface area contributed by atoms with Crippen molar-refractivity contribution in [3.63, 3.8) is 0 Å². The normalized spacial score (nSPS) is 13.6. The molecule has 46 heavy (non-hydrogen) atoms. The van der Waals surface area contributed by atoms with Crippen molar-refractivity contribution in [1.82, 2.24) is 0 Å². The lowest BCUT2D eigenvalue weighted by Gasteiger charge is -2.40. The first-order valence-corrected chi connectivity index (χ1v) is 12.6. The summed E-state index contributed by atoms with van der Waals surface area (Å²) in [6, 6.07) is 23.6. The van der Waals surface area contributed by atoms with E-state index in [1.165, 1.54) is 33.4 Å². The van der Waals surface area contributed by atoms with Crippen LogP contribution in [0.1, 0.15) is 11.1 Å². The fourth-order valence-electron chi connectivity index (χ4n) is 3.64. The SMILES string of the molecule is Cc1ccc(-c2cccc(S)c2-c2ccc(C)cc2)cc1.O=C(O)C(F)(F)C(F)(F)C(F)(F)C(F)(F)C(F)(F)C(F)(F)C(F)(F)F. The van der Waals surface area contributed by atoms with Crippen molar-refractivity contribution >= 4 is 18.6 Å². The molecule has 0 bridgehead atoms. The molecule has 1 N–H and O–H groups in total. The lowest BCUT2D eigenvalue weighted by molar-refractivity contribution is -0.450. The summed E-state index contributed by atoms with van der Waals surface area (Å²) in [5.74, 6) is -52.8. The van der Waals surface area contributed by atoms with Gasteiger partial charge < -0.3 is 5.11 Å². The van der Waals surface area contributed by atoms with Crippen molar-refractivity contribution in [2.75, 3.05) is 0 Å². The number of aliphatic carboxylic acids is 1. The molecular weight excluding hydrogens is 685 g/mol. The Hall–Kier alpha value is -3.57. The van der Waals surface area contributed by atoms with Crippen molar-refractivity contribution in [3.05, 3.63) is 77.9 Å². The van der Waals surface area contributed by atoms with Gasteiger partial charge in [0.25, 0.3) is 0 Å². The van der Waals surface area contributed by atoms with Gasteiger partial charge >= 0.3 is 47.7 Å². The molecule has 3 aromatic carbocycles. The molecular formula is C28H19F15O2S. The van der Waals surface area contributed by atoms with Crippen LogP contribution in [0.25, 0.3) is 22.3 Å². The van der Waals surface area contributed by atoms with Crippen LogP contribution in [-0.2, 0) is 4.79 Å². The first-order valence-electron chi connectivity index (χ1n) is 12.1. The van der Waals surface area contributed by atoms with Crippen molar-refractivity contribution in [1.29, 1.82) is 0 Å². The second-order valence-electron chi connectivity index (χ2n) is 9.68. The number of carboxylic acids is 1. The smallest absolute Gasteiger partial charge is 0.460 e. The maximum absolute atomic E-state index is 12.8. The van der Waals surface area contributed by atoms with Gasteiger partial charge in [-0.1, -0.05) is 71.8 Å². The van der Waals surface area contributed by atoms with Gasteiger partial charge in [0.2, 0.25) is 0 Å². The molecule has 3 aromatic rings. The third-order valence-electron chi connectivity index (χ3n) is 6.34. The van der Waals surface area contributed by atoms with E-state index in [0.717, 1.165) is 4.90 Å². The highest BCUT2D eigenvalue weighted by Crippen LogP contribution is 2.62. The van der Waals surface area contributed by atoms with Gasteiger partial charge in [-0.3, -0.25) is 0 Å². The summed E-state index contributed by atoms with van der Waals surface area (Å²) in [7, 11) is 0. The first kappa shape index (κ1) is 38.6. The summed E-state index contributed by atoms with van der Waals surface area (Å²) >= 11 is 4.68. The van der Waals surface area contributed by atoms with Crippen LogP contribution in [-0.4, -0.2) is 52.8 Å². The molecule has 0 amide bonds. The fraction of sp³-hybridized carbons (Fsp3) is 0.321. The number of aryl methyl sites for hydroxylation is 2. The van der Waals surface area contributed by atoms with E-state index >= 15 is 0 Å². The van der Waals surface area contributed by atoms with Gasteiger partial charge in [0.05, 0.1) is 0 Å². The summed E-state index contributed by atoms with van der Waals surface area (Å²) in [6.07, 6.45) is -7.69. The third-order valence-corrected chi connectivity index (χ3v) is 6.71. The number of carbonyl (C=O) groups is 1. The van der Waals surface area contributed by atoms with Crippen LogP contribution in [0.2, 0.25) is 0 Å². The Balaban J connectivity index is 0.000000323. The Bertz CT molecular complexity index is 1530. The molecule has 0 unspecified atom stereocenters. The van der Waals surface area contributed by atoms with Crippen LogP contribution in [0.15, 0.2) is 71.6 Å². The van der Waals surface area contributed by atoms with E-state index in [9.17, 15) is 70.7 Å². The zero-order valence-corrected chi connectivity index (χ0v) is 23.7. The minimum absolute atomic E-state index is 1.01. The van der Waals surface area contributed by atoms with Crippen molar-refractivity contribution in [2.45, 2.75) is 60.5 Å². The number of halogens is 15. The minimum Gasteiger partial charge on any atom is -0.477 e. The van der Waals surface area contributed by atoms with Crippen molar-refractivity contribution in [2.24, 2.45) is 0 Å². The van der Waals surface area contributed by atoms with Gasteiger partial charge in [0, 0.05) is 10.5 Å². The Morgan fingerprint density at radius 3 is 1.30 bits per heavy atom. The lowest BCUT2D eigenvalue weighted by atomic mass is 9.91. The standard InChI is InChI=1S/C20H18S.C8HF15O2/c1-14-6-10-16(11-7-14)18-4-3-5-19(21)20(18)17-12-8-15(2)9-13-17;9-2(10,1(24)25)3(11,12)4(13,14)5(15,16)6(17,18)7(19,20)8(21,22)23/h3-13,21H,1-2H3;(H,24,25). The Kier molecular flexibility index (Phi) is 10.5. The van der Waals surface area contributed by atoms with Gasteiger partial charge in [-0.05, 0) is 36.6 Å². The highest BCUT2D eigenvalue weighted by atomic mass is 32.1. The summed E-state index contributed by atoms with van der Waals surface area (Å²) in [4.78, 5) is 10.7. The molecule has 0 fully saturated rings. The molecule has 0 heterocycles. The number of hydrogen-bond donors (Lipinski definition) is 2. The van der Waals surface area contributed by atoms with Gasteiger partial charge in [-0.15, -0.1) is 12.6 Å². The number of hydrogen-bond acceptors (Lipinski definition) is 2. The molecule has 0 radical (unpaired) electrons. The fourth-order valence-corrected chi connectivity index (χ4v) is 3.97. The molecule has 2 nitrogen and oxygen atoms in total. The summed E-state index contributed by atoms with van der Waals surface area (Å²) < 4.78 is 187. The van der Waals surface area contributed by atoms with Gasteiger partial charge in [-0.25, -0.2) is 4.79 Å². The molecule has 254 valence electrons. The molecule has 0 saturated heterocycles. The topological polar surface area (TPSA) is 37.3 Å². The Morgan fingerprint density at radius 1 is 0.543 bits per heavy atom. The monoisotopic (exact) mass is 704 g/mol. The number of rotatable bonds is 8. The van der Waals surface area contributed by atoms with Crippen LogP contribution >= 0.6 is 12.6 Å². The van der Waals surface area contributed by atoms with E-state index < -0.39 is 47.7 Å². The van der Waals surface area contributed by atoms with Crippen LogP contribution in [0.5, 0.6) is 0 Å². The van der Waals surface area contributed by atoms with Crippen LogP contribution in [0.4, 0.5) is 65.9 Å². The van der Waals surface area contributed by atoms with E-state index in [1.807, 2.05) is 0 Å². The van der Waals surface area contributed by atoms with E-state index in [2.05, 4.69) is 93.2 Å². The second kappa shape index (κ2) is 12.6. The Morgan fingerprint density at radius 2 is 0.913 bits per heavy atom. The van der Waals surface area contributed by atoms with Gasteiger partial charge in [-0.2, -0.15) is 65.9 Å². The second-order valence-corrected chi connectivity index (χ2v) is 10.2. The molecule has 0 spiro atoms. The maximum atomic E-state index is 12.8. The molecule has 18 heteroatoms. The molecule has 0 aliphatic carbocycles. The highest BCUT2D eigenvalue weighted by molar-refractivity contribution is 7.80. The molecule has 0 aliphatic heterocycles. The quantitative estimate of drug-likeness (QED) is 0.181. The van der Waals surface area contributed by atoms with E-state index in [-0.39, 0.29) is 0 Å². The number of carboxylic acid groups (broad SMARTS) is 1. The minimum atomic E-state index is -8.47. The predicted molar refractivity (Wildman–Crippen MR) is 137 cm³/mol. The Labute approximate surface area is 255 Å². The number of thiol groups is 1. The van der Waals surface area contributed by atoms with E-state index in [1.54, 1.807) is 0 Å². The summed E-state index contributed by atoms with van der Waals surface area (Å²) in [5, 5.41) is 7.57. The predicted octanol–water partition coefficient (Wildman–Crippen LogP) is 10.4. The molecule has 0 aromatic heterocycles. The number of alkyl halides is 15. The molecule has 3 rings (SSSR count). The summed E-state index contributed by atoms with van der Waals surface area (Å²) in [6.45, 7) is 4.22. The molecule has 0 aliphatic rings. The summed E-state index contributed by atoms with van der Waals surface area (Å²) in [5.41, 5.74) is 7.41. The average molecular weight is 704 g/mol. The first-order chi connectivity index (χ1) is 20.6. The molecule has 0 saturated carbocycles.